The Morgan fingerprint density at radius 3 is 1.64 bits per heavy atom. The van der Waals surface area contributed by atoms with Crippen molar-refractivity contribution < 1.29 is 65.0 Å². The maximum Gasteiger partial charge on any atom is 0.243 e. The van der Waals surface area contributed by atoms with Crippen molar-refractivity contribution in [3.63, 3.8) is 0 Å². The quantitative estimate of drug-likeness (QED) is 0.0984. The number of hydrogen-bond donors (Lipinski definition) is 11. The van der Waals surface area contributed by atoms with E-state index in [1.807, 2.05) is 0 Å². The van der Waals surface area contributed by atoms with E-state index in [1.54, 1.807) is 0 Å². The Morgan fingerprint density at radius 1 is 0.795 bits per heavy atom. The van der Waals surface area contributed by atoms with Crippen LogP contribution in [0.3, 0.4) is 0 Å². The third-order valence-corrected chi connectivity index (χ3v) is 7.34. The van der Waals surface area contributed by atoms with Gasteiger partial charge in [-0.2, -0.15) is 0 Å². The van der Waals surface area contributed by atoms with E-state index in [2.05, 4.69) is 5.32 Å². The van der Waals surface area contributed by atoms with Crippen LogP contribution in [0.2, 0.25) is 0 Å². The van der Waals surface area contributed by atoms with Crippen molar-refractivity contribution in [2.24, 2.45) is 5.73 Å². The molecule has 2 aliphatic heterocycles. The number of carbonyl (C=O) groups excluding carboxylic acids is 2. The molecule has 0 spiro atoms. The summed E-state index contributed by atoms with van der Waals surface area (Å²) in [5.41, 5.74) is 5.42. The number of nitrogens with zero attached hydrogens (tertiary/aromatic N) is 1. The molecule has 16 nitrogen and oxygen atoms in total. The lowest BCUT2D eigenvalue weighted by Crippen LogP contribution is -2.61. The van der Waals surface area contributed by atoms with Crippen LogP contribution in [-0.2, 0) is 19.1 Å². The number of aliphatic hydroxyl groups is 9. The van der Waals surface area contributed by atoms with Gasteiger partial charge >= 0.3 is 0 Å². The minimum Gasteiger partial charge on any atom is -0.394 e. The molecule has 0 saturated carbocycles. The van der Waals surface area contributed by atoms with Crippen LogP contribution in [0.5, 0.6) is 0 Å². The average molecular weight is 570 g/mol. The predicted molar refractivity (Wildman–Crippen MR) is 131 cm³/mol. The monoisotopic (exact) mass is 569 g/mol. The first-order valence-electron chi connectivity index (χ1n) is 12.9. The number of hydrogen-bond acceptors (Lipinski definition) is 14. The minimum absolute atomic E-state index is 0.00812. The molecule has 0 radical (unpaired) electrons. The molecule has 0 bridgehead atoms. The molecule has 2 heterocycles. The van der Waals surface area contributed by atoms with E-state index < -0.39 is 104 Å². The fourth-order valence-electron chi connectivity index (χ4n) is 4.77. The number of aliphatic hydroxyl groups excluding tert-OH is 9. The van der Waals surface area contributed by atoms with Gasteiger partial charge < -0.3 is 71.4 Å². The van der Waals surface area contributed by atoms with E-state index >= 15 is 0 Å². The highest BCUT2D eigenvalue weighted by atomic mass is 16.6. The molecular formula is C23H43N3O13. The molecule has 0 aromatic carbocycles. The Bertz CT molecular complexity index is 788. The van der Waals surface area contributed by atoms with Gasteiger partial charge in [-0.3, -0.25) is 9.59 Å². The second kappa shape index (κ2) is 14.9. The minimum atomic E-state index is -1.62. The van der Waals surface area contributed by atoms with Gasteiger partial charge in [-0.05, 0) is 33.2 Å². The van der Waals surface area contributed by atoms with Crippen molar-refractivity contribution in [1.82, 2.24) is 10.2 Å². The van der Waals surface area contributed by atoms with Crippen molar-refractivity contribution in [3.05, 3.63) is 0 Å². The van der Waals surface area contributed by atoms with Crippen molar-refractivity contribution in [2.75, 3.05) is 26.3 Å². The van der Waals surface area contributed by atoms with E-state index in [0.29, 0.717) is 0 Å². The Hall–Kier alpha value is -1.54. The topological polar surface area (TPSA) is 276 Å². The summed E-state index contributed by atoms with van der Waals surface area (Å²) >= 11 is 0. The van der Waals surface area contributed by atoms with Gasteiger partial charge in [0.25, 0.3) is 0 Å². The summed E-state index contributed by atoms with van der Waals surface area (Å²) in [6.07, 6.45) is -15.1. The summed E-state index contributed by atoms with van der Waals surface area (Å²) in [5.74, 6) is -1.60. The first-order chi connectivity index (χ1) is 18.3. The predicted octanol–water partition coefficient (Wildman–Crippen LogP) is -6.51. The number of primary amides is 1. The molecule has 2 aliphatic rings. The lowest BCUT2D eigenvalue weighted by molar-refractivity contribution is -0.231. The van der Waals surface area contributed by atoms with Gasteiger partial charge in [-0.15, -0.1) is 0 Å². The molecule has 2 saturated heterocycles. The molecule has 0 aromatic rings. The zero-order valence-electron chi connectivity index (χ0n) is 21.9. The van der Waals surface area contributed by atoms with Gasteiger partial charge in [0.2, 0.25) is 11.8 Å². The SMILES string of the molecule is CC(O)[C@@H](NCC[C@H]1O[C@H](CO)[C@@H](O)[C@H](O)[C@@H]1O)C(=O)N(CC[C@@H]1O[C@@H](CO)[C@H](O)[C@@H](O)[C@@H]1O)[C@H](C)C(N)=O. The van der Waals surface area contributed by atoms with Crippen LogP contribution in [0.25, 0.3) is 0 Å². The Balaban J connectivity index is 2.09. The molecule has 39 heavy (non-hydrogen) atoms. The zero-order chi connectivity index (χ0) is 29.6. The van der Waals surface area contributed by atoms with Gasteiger partial charge in [-0.25, -0.2) is 0 Å². The van der Waals surface area contributed by atoms with E-state index in [-0.39, 0.29) is 25.9 Å². The van der Waals surface area contributed by atoms with Gasteiger partial charge in [0.1, 0.15) is 60.9 Å². The molecule has 0 aliphatic carbocycles. The number of nitrogens with two attached hydrogens (primary N) is 1. The molecule has 16 heteroatoms. The number of ether oxygens (including phenoxy) is 2. The second-order valence-electron chi connectivity index (χ2n) is 10.1. The highest BCUT2D eigenvalue weighted by molar-refractivity contribution is 5.89. The lowest BCUT2D eigenvalue weighted by Gasteiger charge is -2.41. The average Bonchev–Trinajstić information content (AvgIpc) is 2.90. The summed E-state index contributed by atoms with van der Waals surface area (Å²) in [6.45, 7) is 1.20. The van der Waals surface area contributed by atoms with Crippen LogP contribution >= 0.6 is 0 Å². The van der Waals surface area contributed by atoms with E-state index in [4.69, 9.17) is 15.2 Å². The van der Waals surface area contributed by atoms with E-state index in [0.717, 1.165) is 4.90 Å². The molecular weight excluding hydrogens is 526 g/mol. The van der Waals surface area contributed by atoms with E-state index in [1.165, 1.54) is 13.8 Å². The number of amides is 2. The summed E-state index contributed by atoms with van der Waals surface area (Å²) in [5, 5.41) is 92.3. The fraction of sp³-hybridized carbons (Fsp3) is 0.913. The molecule has 12 N–H and O–H groups in total. The summed E-state index contributed by atoms with van der Waals surface area (Å²) < 4.78 is 10.9. The molecule has 2 rings (SSSR count). The van der Waals surface area contributed by atoms with Crippen LogP contribution in [0.1, 0.15) is 26.7 Å². The van der Waals surface area contributed by atoms with E-state index in [9.17, 15) is 55.5 Å². The summed E-state index contributed by atoms with van der Waals surface area (Å²) in [6, 6.07) is -2.43. The fourth-order valence-corrected chi connectivity index (χ4v) is 4.77. The third kappa shape index (κ3) is 8.02. The largest absolute Gasteiger partial charge is 0.394 e. The van der Waals surface area contributed by atoms with Gasteiger partial charge in [0.05, 0.1) is 31.5 Å². The van der Waals surface area contributed by atoms with Gasteiger partial charge in [-0.1, -0.05) is 0 Å². The van der Waals surface area contributed by atoms with Gasteiger partial charge in [0, 0.05) is 6.54 Å². The number of carbonyl (C=O) groups is 2. The number of nitrogens with one attached hydrogen (secondary N) is 1. The smallest absolute Gasteiger partial charge is 0.243 e. The molecule has 228 valence electrons. The number of rotatable bonds is 13. The Labute approximate surface area is 225 Å². The summed E-state index contributed by atoms with van der Waals surface area (Å²) in [7, 11) is 0. The molecule has 2 amide bonds. The zero-order valence-corrected chi connectivity index (χ0v) is 21.9. The Kier molecular flexibility index (Phi) is 12.9. The molecule has 2 fully saturated rings. The highest BCUT2D eigenvalue weighted by Gasteiger charge is 2.45. The maximum absolute atomic E-state index is 13.4. The first kappa shape index (κ1) is 33.7. The van der Waals surface area contributed by atoms with Crippen LogP contribution in [0.15, 0.2) is 0 Å². The van der Waals surface area contributed by atoms with Crippen LogP contribution in [0, 0.1) is 0 Å². The molecule has 13 atom stereocenters. The normalized spacial score (nSPS) is 37.6. The third-order valence-electron chi connectivity index (χ3n) is 7.34. The Morgan fingerprint density at radius 2 is 1.23 bits per heavy atom. The first-order valence-corrected chi connectivity index (χ1v) is 12.9. The molecule has 0 aromatic heterocycles. The maximum atomic E-state index is 13.4. The van der Waals surface area contributed by atoms with Crippen molar-refractivity contribution in [2.45, 2.75) is 106 Å². The van der Waals surface area contributed by atoms with Crippen LogP contribution < -0.4 is 11.1 Å². The van der Waals surface area contributed by atoms with Crippen molar-refractivity contribution >= 4 is 11.8 Å². The van der Waals surface area contributed by atoms with Crippen LogP contribution in [-0.4, -0.2) is 168 Å². The standard InChI is InChI=1S/C23H43N3O13/c1-9(22(24)36)26(6-4-12-17(31)21(35)19(33)14(8-28)39-12)23(37)15(10(2)29)25-5-3-11-16(30)20(34)18(32)13(7-27)38-11/h9-21,25,27-35H,3-8H2,1-2H3,(H2,24,36)/t9-,10?,11-,12+,13-,14+,15-,16-,17-,18-,19+,20-,21+/m1/s1. The van der Waals surface area contributed by atoms with Gasteiger partial charge in [0.15, 0.2) is 0 Å². The van der Waals surface area contributed by atoms with Crippen LogP contribution in [0.4, 0.5) is 0 Å². The second-order valence-corrected chi connectivity index (χ2v) is 10.1. The summed E-state index contributed by atoms with van der Waals surface area (Å²) in [4.78, 5) is 26.5. The lowest BCUT2D eigenvalue weighted by atomic mass is 9.93. The van der Waals surface area contributed by atoms with Crippen molar-refractivity contribution in [3.8, 4) is 0 Å². The molecule has 1 unspecified atom stereocenters. The van der Waals surface area contributed by atoms with Crippen molar-refractivity contribution in [1.29, 1.82) is 0 Å². The highest BCUT2D eigenvalue weighted by Crippen LogP contribution is 2.25.